The van der Waals surface area contributed by atoms with Crippen LogP contribution in [0.2, 0.25) is 0 Å². The maximum Gasteiger partial charge on any atom is 0.167 e. The predicted octanol–water partition coefficient (Wildman–Crippen LogP) is -0.601. The summed E-state index contributed by atoms with van der Waals surface area (Å²) in [6.45, 7) is 0. The Morgan fingerprint density at radius 2 is 1.86 bits per heavy atom. The minimum Gasteiger partial charge on any atom is -0.366 e. The van der Waals surface area contributed by atoms with Crippen molar-refractivity contribution in [3.63, 3.8) is 0 Å². The van der Waals surface area contributed by atoms with Gasteiger partial charge in [-0.05, 0) is 0 Å². The van der Waals surface area contributed by atoms with Gasteiger partial charge in [0, 0.05) is 7.11 Å². The number of hydrogen-bond donors (Lipinski definition) is 0. The number of carbonyl (C=O) groups is 2. The predicted molar refractivity (Wildman–Crippen MR) is 22.9 cm³/mol. The van der Waals surface area contributed by atoms with E-state index in [1.54, 1.807) is 0 Å². The summed E-state index contributed by atoms with van der Waals surface area (Å²) in [4.78, 5) is 19.2. The summed E-state index contributed by atoms with van der Waals surface area (Å²) in [6, 6.07) is 0. The lowest BCUT2D eigenvalue weighted by atomic mass is 10.4. The molecule has 0 aromatic heterocycles. The number of aldehydes is 2. The van der Waals surface area contributed by atoms with Crippen LogP contribution in [0.25, 0.3) is 0 Å². The molecule has 0 saturated carbocycles. The lowest BCUT2D eigenvalue weighted by Gasteiger charge is -1.92. The maximum absolute atomic E-state index is 9.61. The zero-order chi connectivity index (χ0) is 5.70. The Morgan fingerprint density at radius 3 is 1.86 bits per heavy atom. The molecule has 0 rings (SSSR count). The third-order valence-electron chi connectivity index (χ3n) is 0.540. The third kappa shape index (κ3) is 2.05. The van der Waals surface area contributed by atoms with E-state index in [9.17, 15) is 9.59 Å². The summed E-state index contributed by atoms with van der Waals surface area (Å²) >= 11 is 0. The van der Waals surface area contributed by atoms with E-state index in [-0.39, 0.29) is 0 Å². The first kappa shape index (κ1) is 6.30. The second-order valence-electron chi connectivity index (χ2n) is 0.972. The van der Waals surface area contributed by atoms with Gasteiger partial charge >= 0.3 is 0 Å². The van der Waals surface area contributed by atoms with E-state index in [4.69, 9.17) is 0 Å². The normalized spacial score (nSPS) is 8.86. The molecule has 0 bridgehead atoms. The van der Waals surface area contributed by atoms with Crippen LogP contribution in [0.15, 0.2) is 0 Å². The highest BCUT2D eigenvalue weighted by molar-refractivity contribution is 5.80. The molecule has 0 unspecified atom stereocenters. The molecule has 3 heteroatoms. The summed E-state index contributed by atoms with van der Waals surface area (Å²) in [7, 11) is 1.30. The fourth-order valence-electron chi connectivity index (χ4n) is 0.143. The van der Waals surface area contributed by atoms with Crippen molar-refractivity contribution in [1.29, 1.82) is 0 Å². The molecule has 0 spiro atoms. The van der Waals surface area contributed by atoms with Crippen LogP contribution in [0.4, 0.5) is 0 Å². The SMILES string of the molecule is COC(C=O)C=O. The van der Waals surface area contributed by atoms with E-state index in [2.05, 4.69) is 4.74 Å². The maximum atomic E-state index is 9.61. The van der Waals surface area contributed by atoms with Crippen LogP contribution in [-0.4, -0.2) is 25.8 Å². The number of carbonyl (C=O) groups excluding carboxylic acids is 2. The standard InChI is InChI=1S/C4H6O3/c1-7-4(2-5)3-6/h2-4H,1H3. The van der Waals surface area contributed by atoms with Crippen LogP contribution in [0.3, 0.4) is 0 Å². The molecule has 40 valence electrons. The van der Waals surface area contributed by atoms with Gasteiger partial charge in [0.1, 0.15) is 0 Å². The van der Waals surface area contributed by atoms with Crippen LogP contribution < -0.4 is 0 Å². The highest BCUT2D eigenvalue weighted by atomic mass is 16.5. The fraction of sp³-hybridized carbons (Fsp3) is 0.500. The molecule has 0 amide bonds. The number of methoxy groups -OCH3 is 1. The molecule has 0 aromatic carbocycles. The Morgan fingerprint density at radius 1 is 1.43 bits per heavy atom. The lowest BCUT2D eigenvalue weighted by Crippen LogP contribution is -2.12. The minimum absolute atomic E-state index is 0.438. The molecular formula is C4H6O3. The number of rotatable bonds is 3. The average Bonchev–Trinajstić information content (AvgIpc) is 1.72. The van der Waals surface area contributed by atoms with Crippen LogP contribution >= 0.6 is 0 Å². The van der Waals surface area contributed by atoms with E-state index in [1.165, 1.54) is 7.11 Å². The van der Waals surface area contributed by atoms with Gasteiger partial charge in [-0.1, -0.05) is 0 Å². The quantitative estimate of drug-likeness (QED) is 0.353. The Bertz CT molecular complexity index is 61.3. The third-order valence-corrected chi connectivity index (χ3v) is 0.540. The van der Waals surface area contributed by atoms with Crippen LogP contribution in [0, 0.1) is 0 Å². The zero-order valence-corrected chi connectivity index (χ0v) is 3.96. The van der Waals surface area contributed by atoms with Crippen molar-refractivity contribution in [3.05, 3.63) is 0 Å². The topological polar surface area (TPSA) is 43.4 Å². The second kappa shape index (κ2) is 3.49. The molecule has 0 aliphatic rings. The summed E-state index contributed by atoms with van der Waals surface area (Å²) in [5, 5.41) is 0. The molecule has 0 heterocycles. The van der Waals surface area contributed by atoms with Crippen molar-refractivity contribution in [2.24, 2.45) is 0 Å². The van der Waals surface area contributed by atoms with Gasteiger partial charge in [-0.2, -0.15) is 0 Å². The van der Waals surface area contributed by atoms with Crippen molar-refractivity contribution in [2.45, 2.75) is 6.10 Å². The van der Waals surface area contributed by atoms with E-state index in [1.807, 2.05) is 0 Å². The van der Waals surface area contributed by atoms with E-state index in [0.717, 1.165) is 0 Å². The van der Waals surface area contributed by atoms with Gasteiger partial charge in [0.2, 0.25) is 0 Å². The largest absolute Gasteiger partial charge is 0.366 e. The highest BCUT2D eigenvalue weighted by Crippen LogP contribution is 1.73. The van der Waals surface area contributed by atoms with Gasteiger partial charge in [-0.15, -0.1) is 0 Å². The van der Waals surface area contributed by atoms with Gasteiger partial charge in [-0.3, -0.25) is 9.59 Å². The van der Waals surface area contributed by atoms with Gasteiger partial charge in [0.25, 0.3) is 0 Å². The molecule has 0 aliphatic carbocycles. The van der Waals surface area contributed by atoms with E-state index >= 15 is 0 Å². The molecule has 0 N–H and O–H groups in total. The van der Waals surface area contributed by atoms with Crippen molar-refractivity contribution >= 4 is 12.6 Å². The summed E-state index contributed by atoms with van der Waals surface area (Å²) < 4.78 is 4.31. The lowest BCUT2D eigenvalue weighted by molar-refractivity contribution is -0.126. The highest BCUT2D eigenvalue weighted by Gasteiger charge is 1.97. The van der Waals surface area contributed by atoms with Crippen LogP contribution in [0.5, 0.6) is 0 Å². The van der Waals surface area contributed by atoms with Gasteiger partial charge in [-0.25, -0.2) is 0 Å². The molecule has 0 radical (unpaired) electrons. The van der Waals surface area contributed by atoms with Gasteiger partial charge in [0.15, 0.2) is 18.7 Å². The molecular weight excluding hydrogens is 96.0 g/mol. The van der Waals surface area contributed by atoms with Gasteiger partial charge < -0.3 is 4.74 Å². The smallest absolute Gasteiger partial charge is 0.167 e. The molecule has 3 nitrogen and oxygen atoms in total. The summed E-state index contributed by atoms with van der Waals surface area (Å²) in [6.07, 6.45) is -0.000000000000000222. The van der Waals surface area contributed by atoms with Crippen LogP contribution in [-0.2, 0) is 14.3 Å². The molecule has 0 atom stereocenters. The Labute approximate surface area is 41.3 Å². The van der Waals surface area contributed by atoms with E-state index in [0.29, 0.717) is 12.6 Å². The van der Waals surface area contributed by atoms with E-state index < -0.39 is 6.10 Å². The number of ether oxygens (including phenoxy) is 1. The van der Waals surface area contributed by atoms with Crippen molar-refractivity contribution < 1.29 is 14.3 Å². The van der Waals surface area contributed by atoms with Crippen molar-refractivity contribution in [2.75, 3.05) is 7.11 Å². The molecule has 0 saturated heterocycles. The first-order chi connectivity index (χ1) is 3.35. The summed E-state index contributed by atoms with van der Waals surface area (Å²) in [5.41, 5.74) is 0. The number of hydrogen-bond acceptors (Lipinski definition) is 3. The van der Waals surface area contributed by atoms with Crippen molar-refractivity contribution in [1.82, 2.24) is 0 Å². The average molecular weight is 102 g/mol. The minimum atomic E-state index is -0.875. The first-order valence-corrected chi connectivity index (χ1v) is 1.78. The molecule has 0 aliphatic heterocycles. The van der Waals surface area contributed by atoms with Gasteiger partial charge in [0.05, 0.1) is 0 Å². The van der Waals surface area contributed by atoms with Crippen LogP contribution in [0.1, 0.15) is 0 Å². The Hall–Kier alpha value is -0.700. The Kier molecular flexibility index (Phi) is 3.14. The second-order valence-corrected chi connectivity index (χ2v) is 0.972. The zero-order valence-electron chi connectivity index (χ0n) is 3.96. The molecule has 0 aromatic rings. The molecule has 7 heavy (non-hydrogen) atoms. The Balaban J connectivity index is 3.36. The van der Waals surface area contributed by atoms with Crippen molar-refractivity contribution in [3.8, 4) is 0 Å². The summed E-state index contributed by atoms with van der Waals surface area (Å²) in [5.74, 6) is 0. The monoisotopic (exact) mass is 102 g/mol. The first-order valence-electron chi connectivity index (χ1n) is 1.78. The molecule has 0 fully saturated rings. The fourth-order valence-corrected chi connectivity index (χ4v) is 0.143.